The molecule has 2 N–H and O–H groups in total. The van der Waals surface area contributed by atoms with Gasteiger partial charge in [0.05, 0.1) is 10.6 Å². The summed E-state index contributed by atoms with van der Waals surface area (Å²) in [7, 11) is 0. The third-order valence-electron chi connectivity index (χ3n) is 4.04. The number of hydrogen-bond acceptors (Lipinski definition) is 4. The number of benzene rings is 1. The zero-order valence-corrected chi connectivity index (χ0v) is 15.5. The number of amides is 1. The van der Waals surface area contributed by atoms with Crippen molar-refractivity contribution in [3.05, 3.63) is 51.5 Å². The van der Waals surface area contributed by atoms with E-state index in [1.165, 1.54) is 28.4 Å². The average Bonchev–Trinajstić information content (AvgIpc) is 3.30. The maximum atomic E-state index is 13.2. The van der Waals surface area contributed by atoms with E-state index in [2.05, 4.69) is 4.98 Å². The van der Waals surface area contributed by atoms with Gasteiger partial charge in [0, 0.05) is 24.4 Å². The van der Waals surface area contributed by atoms with E-state index >= 15 is 0 Å². The Morgan fingerprint density at radius 3 is 2.62 bits per heavy atom. The summed E-state index contributed by atoms with van der Waals surface area (Å²) in [6.07, 6.45) is -2.25. The Hall–Kier alpha value is -1.64. The second-order valence-electron chi connectivity index (χ2n) is 5.98. The van der Waals surface area contributed by atoms with E-state index in [1.54, 1.807) is 11.4 Å². The summed E-state index contributed by atoms with van der Waals surface area (Å²) >= 11 is 1.35. The van der Waals surface area contributed by atoms with Crippen LogP contribution in [0.5, 0.6) is 0 Å². The lowest BCUT2D eigenvalue weighted by Crippen LogP contribution is -2.33. The third kappa shape index (κ3) is 4.75. The molecule has 0 spiro atoms. The van der Waals surface area contributed by atoms with E-state index in [0.29, 0.717) is 13.0 Å². The van der Waals surface area contributed by atoms with Crippen LogP contribution < -0.4 is 5.73 Å². The van der Waals surface area contributed by atoms with Crippen LogP contribution in [0.2, 0.25) is 0 Å². The van der Waals surface area contributed by atoms with Crippen LogP contribution in [0.25, 0.3) is 0 Å². The Balaban J connectivity index is 0.00000243. The highest BCUT2D eigenvalue weighted by Crippen LogP contribution is 2.35. The van der Waals surface area contributed by atoms with Crippen molar-refractivity contribution in [2.45, 2.75) is 38.0 Å². The third-order valence-corrected chi connectivity index (χ3v) is 4.95. The summed E-state index contributed by atoms with van der Waals surface area (Å²) in [6.45, 7) is 0.370. The predicted molar refractivity (Wildman–Crippen MR) is 96.5 cm³/mol. The molecule has 1 aliphatic carbocycles. The Labute approximate surface area is 159 Å². The van der Waals surface area contributed by atoms with E-state index < -0.39 is 11.7 Å². The highest BCUT2D eigenvalue weighted by Gasteiger charge is 2.37. The minimum atomic E-state index is -4.44. The molecule has 0 radical (unpaired) electrons. The standard InChI is InChI=1S/C17H18F3N3OS.ClH/c18-17(19,20)13-4-2-1-3-11(13)9-23(12-5-6-12)16(24)14-10-25-15(22-14)7-8-21;/h1-4,10,12H,5-9,21H2;1H. The van der Waals surface area contributed by atoms with E-state index in [-0.39, 0.29) is 42.2 Å². The number of carbonyl (C=O) groups excluding carboxylic acids is 1. The molecule has 0 unspecified atom stereocenters. The second kappa shape index (κ2) is 8.37. The fourth-order valence-corrected chi connectivity index (χ4v) is 3.45. The predicted octanol–water partition coefficient (Wildman–Crippen LogP) is 3.89. The number of carbonyl (C=O) groups is 1. The van der Waals surface area contributed by atoms with Gasteiger partial charge in [-0.1, -0.05) is 18.2 Å². The molecule has 1 aromatic carbocycles. The minimum absolute atomic E-state index is 0. The maximum Gasteiger partial charge on any atom is 0.416 e. The zero-order chi connectivity index (χ0) is 18.0. The number of nitrogens with two attached hydrogens (primary N) is 1. The molecule has 3 rings (SSSR count). The molecule has 1 heterocycles. The monoisotopic (exact) mass is 405 g/mol. The van der Waals surface area contributed by atoms with Crippen LogP contribution in [0.3, 0.4) is 0 Å². The van der Waals surface area contributed by atoms with Crippen LogP contribution in [0.4, 0.5) is 13.2 Å². The van der Waals surface area contributed by atoms with Gasteiger partial charge in [-0.05, 0) is 31.0 Å². The van der Waals surface area contributed by atoms with Gasteiger partial charge < -0.3 is 10.6 Å². The van der Waals surface area contributed by atoms with Crippen molar-refractivity contribution in [1.82, 2.24) is 9.88 Å². The largest absolute Gasteiger partial charge is 0.416 e. The SMILES string of the molecule is Cl.NCCc1nc(C(=O)N(Cc2ccccc2C(F)(F)F)C2CC2)cs1. The molecular weight excluding hydrogens is 387 g/mol. The first-order valence-electron chi connectivity index (χ1n) is 8.00. The molecule has 26 heavy (non-hydrogen) atoms. The van der Waals surface area contributed by atoms with Crippen molar-refractivity contribution in [2.24, 2.45) is 5.73 Å². The van der Waals surface area contributed by atoms with Crippen LogP contribution in [-0.4, -0.2) is 28.4 Å². The number of halogens is 4. The molecule has 1 aromatic heterocycles. The smallest absolute Gasteiger partial charge is 0.330 e. The first-order chi connectivity index (χ1) is 11.9. The average molecular weight is 406 g/mol. The van der Waals surface area contributed by atoms with Crippen molar-refractivity contribution >= 4 is 29.7 Å². The summed E-state index contributed by atoms with van der Waals surface area (Å²) in [5.41, 5.74) is 5.18. The minimum Gasteiger partial charge on any atom is -0.330 e. The van der Waals surface area contributed by atoms with Gasteiger partial charge in [0.25, 0.3) is 5.91 Å². The normalized spacial score (nSPS) is 14.0. The zero-order valence-electron chi connectivity index (χ0n) is 13.8. The number of hydrogen-bond donors (Lipinski definition) is 1. The molecule has 0 atom stereocenters. The highest BCUT2D eigenvalue weighted by atomic mass is 35.5. The van der Waals surface area contributed by atoms with Crippen LogP contribution >= 0.6 is 23.7 Å². The van der Waals surface area contributed by atoms with Gasteiger partial charge in [-0.25, -0.2) is 4.98 Å². The van der Waals surface area contributed by atoms with Crippen molar-refractivity contribution < 1.29 is 18.0 Å². The van der Waals surface area contributed by atoms with Gasteiger partial charge in [0.2, 0.25) is 0 Å². The van der Waals surface area contributed by atoms with Crippen molar-refractivity contribution in [3.63, 3.8) is 0 Å². The highest BCUT2D eigenvalue weighted by molar-refractivity contribution is 7.09. The molecule has 1 amide bonds. The number of alkyl halides is 3. The molecule has 0 bridgehead atoms. The van der Waals surface area contributed by atoms with Gasteiger partial charge in [0.15, 0.2) is 0 Å². The molecule has 142 valence electrons. The molecular formula is C17H19ClF3N3OS. The van der Waals surface area contributed by atoms with Gasteiger partial charge in [0.1, 0.15) is 5.69 Å². The Bertz CT molecular complexity index is 762. The molecule has 1 fully saturated rings. The van der Waals surface area contributed by atoms with Gasteiger partial charge in [-0.2, -0.15) is 13.2 Å². The Morgan fingerprint density at radius 2 is 2.00 bits per heavy atom. The molecule has 2 aromatic rings. The second-order valence-corrected chi connectivity index (χ2v) is 6.93. The lowest BCUT2D eigenvalue weighted by molar-refractivity contribution is -0.138. The number of nitrogens with zero attached hydrogens (tertiary/aromatic N) is 2. The Morgan fingerprint density at radius 1 is 1.31 bits per heavy atom. The molecule has 0 saturated heterocycles. The topological polar surface area (TPSA) is 59.2 Å². The summed E-state index contributed by atoms with van der Waals surface area (Å²) in [6, 6.07) is 5.37. The van der Waals surface area contributed by atoms with Crippen LogP contribution in [0.1, 0.15) is 39.5 Å². The van der Waals surface area contributed by atoms with Crippen LogP contribution in [0.15, 0.2) is 29.6 Å². The van der Waals surface area contributed by atoms with E-state index in [9.17, 15) is 18.0 Å². The number of thiazole rings is 1. The summed E-state index contributed by atoms with van der Waals surface area (Å²) in [5.74, 6) is -0.320. The van der Waals surface area contributed by atoms with Crippen LogP contribution in [-0.2, 0) is 19.1 Å². The molecule has 0 aliphatic heterocycles. The fraction of sp³-hybridized carbons (Fsp3) is 0.412. The first-order valence-corrected chi connectivity index (χ1v) is 8.88. The van der Waals surface area contributed by atoms with E-state index in [1.807, 2.05) is 0 Å². The van der Waals surface area contributed by atoms with Crippen LogP contribution in [0, 0.1) is 0 Å². The Kier molecular flexibility index (Phi) is 6.65. The summed E-state index contributed by atoms with van der Waals surface area (Å²) < 4.78 is 39.6. The maximum absolute atomic E-state index is 13.2. The quantitative estimate of drug-likeness (QED) is 0.793. The lowest BCUT2D eigenvalue weighted by atomic mass is 10.1. The van der Waals surface area contributed by atoms with E-state index in [0.717, 1.165) is 23.9 Å². The number of aromatic nitrogens is 1. The summed E-state index contributed by atoms with van der Waals surface area (Å²) in [4.78, 5) is 18.5. The molecule has 1 saturated carbocycles. The first kappa shape index (κ1) is 20.7. The van der Waals surface area contributed by atoms with Gasteiger partial charge >= 0.3 is 6.18 Å². The van der Waals surface area contributed by atoms with Crippen molar-refractivity contribution in [1.29, 1.82) is 0 Å². The molecule has 1 aliphatic rings. The summed E-state index contributed by atoms with van der Waals surface area (Å²) in [5, 5.41) is 2.41. The molecule has 9 heteroatoms. The van der Waals surface area contributed by atoms with Gasteiger partial charge in [-0.15, -0.1) is 23.7 Å². The van der Waals surface area contributed by atoms with Gasteiger partial charge in [-0.3, -0.25) is 4.79 Å². The number of rotatable bonds is 6. The fourth-order valence-electron chi connectivity index (χ4n) is 2.67. The van der Waals surface area contributed by atoms with Crippen molar-refractivity contribution in [3.8, 4) is 0 Å². The van der Waals surface area contributed by atoms with E-state index in [4.69, 9.17) is 5.73 Å². The molecule has 4 nitrogen and oxygen atoms in total. The lowest BCUT2D eigenvalue weighted by Gasteiger charge is -2.23. The van der Waals surface area contributed by atoms with Crippen molar-refractivity contribution in [2.75, 3.05) is 6.54 Å².